The van der Waals surface area contributed by atoms with E-state index in [1.165, 1.54) is 32.1 Å². The molecule has 116 valence electrons. The van der Waals surface area contributed by atoms with Gasteiger partial charge in [0.15, 0.2) is 0 Å². The first-order valence-electron chi connectivity index (χ1n) is 7.47. The van der Waals surface area contributed by atoms with Gasteiger partial charge in [-0.05, 0) is 31.6 Å². The molecular formula is C14H26ClN3O2. The summed E-state index contributed by atoms with van der Waals surface area (Å²) in [5.74, 6) is 0.445. The van der Waals surface area contributed by atoms with Crippen molar-refractivity contribution in [2.45, 2.75) is 51.0 Å². The predicted octanol–water partition coefficient (Wildman–Crippen LogP) is 1.05. The van der Waals surface area contributed by atoms with E-state index in [0.29, 0.717) is 12.0 Å². The molecule has 3 N–H and O–H groups in total. The van der Waals surface area contributed by atoms with Gasteiger partial charge in [0.2, 0.25) is 11.8 Å². The van der Waals surface area contributed by atoms with Gasteiger partial charge < -0.3 is 16.0 Å². The number of amides is 2. The summed E-state index contributed by atoms with van der Waals surface area (Å²) in [6.07, 6.45) is 8.63. The lowest BCUT2D eigenvalue weighted by atomic mass is 9.89. The van der Waals surface area contributed by atoms with Crippen LogP contribution in [0, 0.1) is 5.92 Å². The summed E-state index contributed by atoms with van der Waals surface area (Å²) in [6.45, 7) is 0.917. The fourth-order valence-corrected chi connectivity index (χ4v) is 2.84. The summed E-state index contributed by atoms with van der Waals surface area (Å²) in [7, 11) is 0. The Balaban J connectivity index is 0.00000200. The molecule has 0 bridgehead atoms. The van der Waals surface area contributed by atoms with E-state index < -0.39 is 0 Å². The van der Waals surface area contributed by atoms with E-state index >= 15 is 0 Å². The van der Waals surface area contributed by atoms with E-state index in [2.05, 4.69) is 5.32 Å². The summed E-state index contributed by atoms with van der Waals surface area (Å²) in [5.41, 5.74) is 5.22. The zero-order valence-corrected chi connectivity index (χ0v) is 12.8. The Morgan fingerprint density at radius 2 is 1.75 bits per heavy atom. The number of carbonyl (C=O) groups excluding carboxylic acids is 2. The van der Waals surface area contributed by atoms with Crippen LogP contribution in [-0.2, 0) is 9.59 Å². The van der Waals surface area contributed by atoms with Gasteiger partial charge in [0.1, 0.15) is 0 Å². The molecule has 2 aliphatic carbocycles. The summed E-state index contributed by atoms with van der Waals surface area (Å²) in [4.78, 5) is 25.3. The minimum Gasteiger partial charge on any atom is -0.346 e. The molecule has 0 saturated heterocycles. The lowest BCUT2D eigenvalue weighted by Crippen LogP contribution is -2.44. The number of carbonyl (C=O) groups is 2. The molecule has 0 radical (unpaired) electrons. The minimum atomic E-state index is -0.262. The molecule has 0 aromatic rings. The average molecular weight is 304 g/mol. The SMILES string of the molecule is Cl.NCC(=O)NCC(=O)N(CC1CCCCC1)C1CC1. The minimum absolute atomic E-state index is 0. The number of nitrogens with zero attached hydrogens (tertiary/aromatic N) is 1. The monoisotopic (exact) mass is 303 g/mol. The van der Waals surface area contributed by atoms with Crippen LogP contribution in [0.15, 0.2) is 0 Å². The van der Waals surface area contributed by atoms with Gasteiger partial charge >= 0.3 is 0 Å². The lowest BCUT2D eigenvalue weighted by molar-refractivity contribution is -0.133. The van der Waals surface area contributed by atoms with E-state index in [1.54, 1.807) is 0 Å². The first kappa shape index (κ1) is 17.2. The van der Waals surface area contributed by atoms with Crippen LogP contribution >= 0.6 is 12.4 Å². The maximum Gasteiger partial charge on any atom is 0.242 e. The standard InChI is InChI=1S/C14H25N3O2.ClH/c15-8-13(18)16-9-14(19)17(12-6-7-12)10-11-4-2-1-3-5-11;/h11-12H,1-10,15H2,(H,16,18);1H. The van der Waals surface area contributed by atoms with Crippen molar-refractivity contribution >= 4 is 24.2 Å². The van der Waals surface area contributed by atoms with Crippen LogP contribution in [0.5, 0.6) is 0 Å². The van der Waals surface area contributed by atoms with Gasteiger partial charge in [-0.15, -0.1) is 12.4 Å². The van der Waals surface area contributed by atoms with E-state index in [0.717, 1.165) is 19.4 Å². The predicted molar refractivity (Wildman–Crippen MR) is 80.6 cm³/mol. The second-order valence-corrected chi connectivity index (χ2v) is 5.76. The van der Waals surface area contributed by atoms with Gasteiger partial charge in [0.05, 0.1) is 13.1 Å². The second kappa shape index (κ2) is 8.47. The van der Waals surface area contributed by atoms with E-state index in [1.807, 2.05) is 4.90 Å². The Morgan fingerprint density at radius 1 is 1.10 bits per heavy atom. The van der Waals surface area contributed by atoms with Crippen LogP contribution in [0.3, 0.4) is 0 Å². The van der Waals surface area contributed by atoms with E-state index in [4.69, 9.17) is 5.73 Å². The topological polar surface area (TPSA) is 75.4 Å². The molecule has 0 atom stereocenters. The zero-order valence-electron chi connectivity index (χ0n) is 12.0. The fraction of sp³-hybridized carbons (Fsp3) is 0.857. The Bertz CT molecular complexity index is 328. The first-order valence-corrected chi connectivity index (χ1v) is 7.47. The Kier molecular flexibility index (Phi) is 7.30. The zero-order chi connectivity index (χ0) is 13.7. The maximum atomic E-state index is 12.2. The lowest BCUT2D eigenvalue weighted by Gasteiger charge is -2.30. The Hall–Kier alpha value is -0.810. The van der Waals surface area contributed by atoms with Crippen molar-refractivity contribution in [3.05, 3.63) is 0 Å². The number of nitrogens with one attached hydrogen (secondary N) is 1. The third-order valence-corrected chi connectivity index (χ3v) is 4.11. The molecule has 2 rings (SSSR count). The molecule has 2 aliphatic rings. The van der Waals surface area contributed by atoms with Crippen molar-refractivity contribution in [2.75, 3.05) is 19.6 Å². The molecule has 2 fully saturated rings. The second-order valence-electron chi connectivity index (χ2n) is 5.76. The molecule has 2 saturated carbocycles. The highest BCUT2D eigenvalue weighted by molar-refractivity contribution is 5.86. The number of halogens is 1. The van der Waals surface area contributed by atoms with Crippen molar-refractivity contribution in [1.29, 1.82) is 0 Å². The summed E-state index contributed by atoms with van der Waals surface area (Å²) in [6, 6.07) is 0.421. The van der Waals surface area contributed by atoms with E-state index in [9.17, 15) is 9.59 Å². The molecule has 6 heteroatoms. The highest BCUT2D eigenvalue weighted by Crippen LogP contribution is 2.31. The quantitative estimate of drug-likeness (QED) is 0.770. The van der Waals surface area contributed by atoms with Crippen LogP contribution in [0.4, 0.5) is 0 Å². The van der Waals surface area contributed by atoms with Gasteiger partial charge in [-0.25, -0.2) is 0 Å². The third kappa shape index (κ3) is 5.29. The molecule has 20 heavy (non-hydrogen) atoms. The molecule has 0 aromatic carbocycles. The van der Waals surface area contributed by atoms with Crippen molar-refractivity contribution < 1.29 is 9.59 Å². The average Bonchev–Trinajstić information content (AvgIpc) is 3.27. The fourth-order valence-electron chi connectivity index (χ4n) is 2.84. The van der Waals surface area contributed by atoms with Gasteiger partial charge in [0.25, 0.3) is 0 Å². The first-order chi connectivity index (χ1) is 9.20. The molecule has 0 aliphatic heterocycles. The number of rotatable bonds is 6. The van der Waals surface area contributed by atoms with Crippen LogP contribution in [0.1, 0.15) is 44.9 Å². The highest BCUT2D eigenvalue weighted by Gasteiger charge is 2.34. The van der Waals surface area contributed by atoms with Crippen LogP contribution in [0.25, 0.3) is 0 Å². The molecule has 5 nitrogen and oxygen atoms in total. The number of hydrogen-bond donors (Lipinski definition) is 2. The van der Waals surface area contributed by atoms with E-state index in [-0.39, 0.29) is 37.3 Å². The highest BCUT2D eigenvalue weighted by atomic mass is 35.5. The molecule has 0 spiro atoms. The molecule has 0 aromatic heterocycles. The maximum absolute atomic E-state index is 12.2. The van der Waals surface area contributed by atoms with Crippen molar-refractivity contribution in [3.63, 3.8) is 0 Å². The molecule has 0 unspecified atom stereocenters. The normalized spacial score (nSPS) is 19.1. The van der Waals surface area contributed by atoms with Crippen molar-refractivity contribution in [2.24, 2.45) is 11.7 Å². The van der Waals surface area contributed by atoms with Crippen molar-refractivity contribution in [1.82, 2.24) is 10.2 Å². The Labute approximate surface area is 127 Å². The van der Waals surface area contributed by atoms with Crippen LogP contribution in [0.2, 0.25) is 0 Å². The summed E-state index contributed by atoms with van der Waals surface area (Å²) < 4.78 is 0. The molecule has 2 amide bonds. The van der Waals surface area contributed by atoms with Gasteiger partial charge in [-0.1, -0.05) is 19.3 Å². The van der Waals surface area contributed by atoms with Gasteiger partial charge in [-0.3, -0.25) is 9.59 Å². The van der Waals surface area contributed by atoms with Crippen LogP contribution in [-0.4, -0.2) is 42.4 Å². The largest absolute Gasteiger partial charge is 0.346 e. The van der Waals surface area contributed by atoms with Crippen molar-refractivity contribution in [3.8, 4) is 0 Å². The number of hydrogen-bond acceptors (Lipinski definition) is 3. The molecule has 0 heterocycles. The van der Waals surface area contributed by atoms with Gasteiger partial charge in [-0.2, -0.15) is 0 Å². The third-order valence-electron chi connectivity index (χ3n) is 4.11. The smallest absolute Gasteiger partial charge is 0.242 e. The van der Waals surface area contributed by atoms with Gasteiger partial charge in [0, 0.05) is 12.6 Å². The summed E-state index contributed by atoms with van der Waals surface area (Å²) >= 11 is 0. The molecular weight excluding hydrogens is 278 g/mol. The number of nitrogens with two attached hydrogens (primary N) is 1. The summed E-state index contributed by atoms with van der Waals surface area (Å²) in [5, 5.41) is 2.58. The Morgan fingerprint density at radius 3 is 2.30 bits per heavy atom. The van der Waals surface area contributed by atoms with Crippen LogP contribution < -0.4 is 11.1 Å².